The van der Waals surface area contributed by atoms with Crippen molar-refractivity contribution in [1.29, 1.82) is 0 Å². The molecule has 2 heterocycles. The molecule has 5 unspecified atom stereocenters. The number of hydrogen-bond donors (Lipinski definition) is 7. The average molecular weight is 1480 g/mol. The van der Waals surface area contributed by atoms with Crippen LogP contribution in [-0.4, -0.2) is 181 Å². The summed E-state index contributed by atoms with van der Waals surface area (Å²) in [4.78, 5) is 77.6. The van der Waals surface area contributed by atoms with Crippen molar-refractivity contribution in [3.8, 4) is 28.7 Å². The van der Waals surface area contributed by atoms with Gasteiger partial charge in [-0.2, -0.15) is 4.40 Å². The number of ketones is 3. The van der Waals surface area contributed by atoms with Crippen LogP contribution in [0.5, 0.6) is 28.7 Å². The van der Waals surface area contributed by atoms with Crippen molar-refractivity contribution in [2.45, 2.75) is 75.3 Å². The number of ether oxygens (including phenoxy) is 6. The van der Waals surface area contributed by atoms with Crippen LogP contribution in [0.25, 0.3) is 0 Å². The number of nitrogens with one attached hydrogen (secondary N) is 2. The van der Waals surface area contributed by atoms with Crippen LogP contribution in [0, 0.1) is 0 Å². The second-order valence-electron chi connectivity index (χ2n) is 21.8. The fourth-order valence-corrected chi connectivity index (χ4v) is 11.7. The number of nitrogen functional groups attached to an aromatic ring is 1. The molecule has 0 saturated heterocycles. The maximum atomic E-state index is 11.8. The minimum Gasteiger partial charge on any atom is -0.508 e. The van der Waals surface area contributed by atoms with Gasteiger partial charge in [0.25, 0.3) is 10.0 Å². The van der Waals surface area contributed by atoms with E-state index < -0.39 is 97.0 Å². The lowest BCUT2D eigenvalue weighted by Crippen LogP contribution is -2.38. The quantitative estimate of drug-likeness (QED) is 0.0179. The highest BCUT2D eigenvalue weighted by Gasteiger charge is 2.49. The molecule has 5 atom stereocenters. The van der Waals surface area contributed by atoms with Crippen LogP contribution in [0.3, 0.4) is 0 Å². The molecule has 8 N–H and O–H groups in total. The van der Waals surface area contributed by atoms with Crippen molar-refractivity contribution >= 4 is 114 Å². The van der Waals surface area contributed by atoms with E-state index >= 15 is 0 Å². The third-order valence-corrected chi connectivity index (χ3v) is 15.9. The summed E-state index contributed by atoms with van der Waals surface area (Å²) >= 11 is 0. The fourth-order valence-electron chi connectivity index (χ4n) is 8.53. The lowest BCUT2D eigenvalue weighted by molar-refractivity contribution is -0.166. The number of methoxy groups -OCH3 is 4. The van der Waals surface area contributed by atoms with Gasteiger partial charge in [-0.05, 0) is 141 Å². The number of nitrogens with zero attached hydrogens (tertiary/aromatic N) is 1. The number of allylic oxidation sites excluding steroid dienone is 4. The van der Waals surface area contributed by atoms with E-state index in [1.54, 1.807) is 67.6 Å². The first-order valence-electron chi connectivity index (χ1n) is 28.3. The zero-order chi connectivity index (χ0) is 75.8. The SMILES string of the molecule is COC(=O)C(C(C)=O)c1cc(NS(C)(=O)=O)ccc1O.COC(=O)C1c2cc(CS(C)(=O)=O)ccc2OC1(C)O.COC(=O)C1c2cc(CS(C)(=O)=O)ccc2OC1C.COC(=O)CC(C)=O.CS(=O)(=O)N=C1C=CC(=O)C=C1.CS(=O)(=O)Nc1ccc(O)cc1.Nc1ccc(O)cc1. The van der Waals surface area contributed by atoms with Gasteiger partial charge >= 0.3 is 23.9 Å². The molecule has 542 valence electrons. The number of aliphatic hydroxyl groups is 1. The number of sulfone groups is 2. The van der Waals surface area contributed by atoms with Crippen LogP contribution < -0.4 is 24.7 Å². The molecule has 5 aromatic rings. The van der Waals surface area contributed by atoms with E-state index in [0.717, 1.165) is 32.1 Å². The number of hydrogen-bond acceptors (Lipinski definition) is 28. The first-order chi connectivity index (χ1) is 45.5. The highest BCUT2D eigenvalue weighted by molar-refractivity contribution is 7.92. The summed E-state index contributed by atoms with van der Waals surface area (Å²) in [6, 6.07) is 25.7. The molecule has 1 aliphatic carbocycles. The molecule has 0 radical (unpaired) electrons. The molecule has 0 aromatic heterocycles. The van der Waals surface area contributed by atoms with Crippen molar-refractivity contribution in [2.75, 3.05) is 74.9 Å². The second kappa shape index (κ2) is 37.3. The van der Waals surface area contributed by atoms with Crippen LogP contribution >= 0.6 is 0 Å². The zero-order valence-corrected chi connectivity index (χ0v) is 59.9. The van der Waals surface area contributed by atoms with Crippen molar-refractivity contribution in [1.82, 2.24) is 0 Å². The molecular weight excluding hydrogens is 1410 g/mol. The minimum atomic E-state index is -3.51. The summed E-state index contributed by atoms with van der Waals surface area (Å²) in [6.07, 6.45) is 10.2. The molecule has 0 bridgehead atoms. The molecule has 36 heteroatoms. The van der Waals surface area contributed by atoms with E-state index in [-0.39, 0.29) is 75.8 Å². The number of rotatable bonds is 16. The Bertz CT molecular complexity index is 4380. The summed E-state index contributed by atoms with van der Waals surface area (Å²) in [7, 11) is -11.5. The van der Waals surface area contributed by atoms with Crippen LogP contribution in [-0.2, 0) is 114 Å². The maximum absolute atomic E-state index is 11.8. The molecular formula is C63H78N4O27S5. The molecule has 0 amide bonds. The number of phenols is 3. The Kier molecular flexibility index (Phi) is 32.1. The number of fused-ring (bicyclic) bond motifs is 2. The molecule has 8 rings (SSSR count). The average Bonchev–Trinajstić information content (AvgIpc) is 1.63. The van der Waals surface area contributed by atoms with Gasteiger partial charge in [0.05, 0.1) is 64.4 Å². The van der Waals surface area contributed by atoms with Gasteiger partial charge in [0, 0.05) is 53.2 Å². The normalized spacial score (nSPS) is 16.5. The van der Waals surface area contributed by atoms with E-state index in [9.17, 15) is 85.9 Å². The van der Waals surface area contributed by atoms with Crippen molar-refractivity contribution in [3.05, 3.63) is 155 Å². The number of carbonyl (C=O) groups excluding carboxylic acids is 7. The van der Waals surface area contributed by atoms with Crippen molar-refractivity contribution in [3.63, 3.8) is 0 Å². The molecule has 2 aliphatic heterocycles. The number of Topliss-reactive ketones (excluding diaryl/α,β-unsaturated/α-hetero) is 2. The van der Waals surface area contributed by atoms with Crippen molar-refractivity contribution < 1.29 is 124 Å². The third-order valence-electron chi connectivity index (χ3n) is 12.5. The number of esters is 4. The molecule has 5 aromatic carbocycles. The van der Waals surface area contributed by atoms with Gasteiger partial charge < -0.3 is 54.6 Å². The Hall–Kier alpha value is -9.75. The van der Waals surface area contributed by atoms with E-state index in [0.29, 0.717) is 45.1 Å². The van der Waals surface area contributed by atoms with Crippen LogP contribution in [0.1, 0.15) is 79.7 Å². The summed E-state index contributed by atoms with van der Waals surface area (Å²) in [5.41, 5.74) is 9.12. The number of anilines is 3. The largest absolute Gasteiger partial charge is 0.508 e. The number of carbonyl (C=O) groups is 7. The Balaban J connectivity index is 0.000000403. The molecule has 99 heavy (non-hydrogen) atoms. The minimum absolute atomic E-state index is 0.0157. The van der Waals surface area contributed by atoms with E-state index in [2.05, 4.69) is 28.1 Å². The van der Waals surface area contributed by atoms with Gasteiger partial charge in [0.1, 0.15) is 64.7 Å². The zero-order valence-electron chi connectivity index (χ0n) is 55.8. The van der Waals surface area contributed by atoms with Gasteiger partial charge in [-0.3, -0.25) is 43.0 Å². The third kappa shape index (κ3) is 32.0. The second-order valence-corrected chi connectivity index (χ2v) is 31.2. The molecule has 0 spiro atoms. The number of benzene rings is 5. The Morgan fingerprint density at radius 3 is 1.48 bits per heavy atom. The van der Waals surface area contributed by atoms with Crippen LogP contribution in [0.15, 0.2) is 132 Å². The maximum Gasteiger partial charge on any atom is 0.320 e. The molecule has 3 aliphatic rings. The first-order valence-corrected chi connectivity index (χ1v) is 38.1. The molecule has 0 fully saturated rings. The molecule has 31 nitrogen and oxygen atoms in total. The number of nitrogens with two attached hydrogens (primary N) is 1. The smallest absolute Gasteiger partial charge is 0.320 e. The summed E-state index contributed by atoms with van der Waals surface area (Å²) < 4.78 is 147. The van der Waals surface area contributed by atoms with Crippen LogP contribution in [0.4, 0.5) is 17.1 Å². The Morgan fingerprint density at radius 1 is 0.606 bits per heavy atom. The van der Waals surface area contributed by atoms with Gasteiger partial charge in [0.2, 0.25) is 25.8 Å². The highest BCUT2D eigenvalue weighted by atomic mass is 32.2. The number of sulfonamides is 3. The first kappa shape index (κ1) is 85.3. The number of phenolic OH excluding ortho intramolecular Hbond substituents is 3. The van der Waals surface area contributed by atoms with Crippen LogP contribution in [0.2, 0.25) is 0 Å². The van der Waals surface area contributed by atoms with E-state index in [1.165, 1.54) is 115 Å². The Labute approximate surface area is 573 Å². The lowest BCUT2D eigenvalue weighted by atomic mass is 9.93. The summed E-state index contributed by atoms with van der Waals surface area (Å²) in [5, 5.41) is 37.5. The monoisotopic (exact) mass is 1480 g/mol. The number of aromatic hydroxyl groups is 3. The Morgan fingerprint density at radius 2 is 1.07 bits per heavy atom. The predicted molar refractivity (Wildman–Crippen MR) is 365 cm³/mol. The van der Waals surface area contributed by atoms with Gasteiger partial charge in [-0.25, -0.2) is 42.1 Å². The van der Waals surface area contributed by atoms with Gasteiger partial charge in [0.15, 0.2) is 31.4 Å². The van der Waals surface area contributed by atoms with Gasteiger partial charge in [-0.1, -0.05) is 18.2 Å². The summed E-state index contributed by atoms with van der Waals surface area (Å²) in [6.45, 7) is 5.68. The van der Waals surface area contributed by atoms with E-state index in [4.69, 9.17) is 30.2 Å². The highest BCUT2D eigenvalue weighted by Crippen LogP contribution is 2.45. The summed E-state index contributed by atoms with van der Waals surface area (Å²) in [5.74, 6) is -6.86. The van der Waals surface area contributed by atoms with E-state index in [1.807, 2.05) is 0 Å². The topological polar surface area (TPSA) is 489 Å². The fraction of sp³-hybridized carbons (Fsp3) is 0.333. The molecule has 0 saturated carbocycles. The predicted octanol–water partition coefficient (Wildman–Crippen LogP) is 4.43. The standard InChI is InChI=1S/C13H16O6S.C13H16O5S.C12H15NO6S.C7H9NO3S.C7H7NO3S.C6H7NO.C5H8O3/c1-13(15)11(12(14)18-2)9-6-8(7-20(3,16)17)4-5-10(9)19-13;1-8-12(13(14)17-2)10-6-9(7-19(3,15)16)4-5-11(10)18-8;1-7(14)11(12(16)19-2)9-6-8(4-5-10(9)15)13-20(3,17)18;2*1-12(10,11)8-6-2-4-7(9)5-3-6;7-5-1-3-6(8)4-2-5;1-4(6)3-5(7)8-2/h4-6,11,15H,7H2,1-3H3;4-6,8,12H,7H2,1-3H3;4-6,11,13,15H,1-3H3;2-5,8-9H,1H3;2-5H,1H3;1-4,8H,7H2;3H2,1-2H3. The lowest BCUT2D eigenvalue weighted by Gasteiger charge is -2.22. The van der Waals surface area contributed by atoms with Gasteiger partial charge in [-0.15, -0.1) is 0 Å². The van der Waals surface area contributed by atoms with Crippen molar-refractivity contribution in [2.24, 2.45) is 4.40 Å².